The highest BCUT2D eigenvalue weighted by Crippen LogP contribution is 2.34. The minimum absolute atomic E-state index is 0.264. The molecule has 29 heavy (non-hydrogen) atoms. The second-order valence-corrected chi connectivity index (χ2v) is 6.44. The SMILES string of the molecule is N=C(c1ccncc1)c1cc2c(cc1N)NC(C(=O)NNc1ccc(F)cc1)N2. The predicted octanol–water partition coefficient (Wildman–Crippen LogP) is 2.53. The number of amides is 1. The van der Waals surface area contributed by atoms with Gasteiger partial charge in [0.05, 0.1) is 22.8 Å². The van der Waals surface area contributed by atoms with Crippen LogP contribution in [-0.2, 0) is 4.79 Å². The van der Waals surface area contributed by atoms with E-state index < -0.39 is 6.17 Å². The summed E-state index contributed by atoms with van der Waals surface area (Å²) in [5.41, 5.74) is 15.2. The lowest BCUT2D eigenvalue weighted by Gasteiger charge is -2.14. The second-order valence-electron chi connectivity index (χ2n) is 6.44. The molecular formula is C20H18FN7O. The van der Waals surface area contributed by atoms with Crippen LogP contribution in [-0.4, -0.2) is 22.8 Å². The lowest BCUT2D eigenvalue weighted by atomic mass is 10.0. The van der Waals surface area contributed by atoms with Gasteiger partial charge in [0.2, 0.25) is 0 Å². The van der Waals surface area contributed by atoms with Crippen molar-refractivity contribution in [1.29, 1.82) is 5.41 Å². The number of benzene rings is 2. The molecule has 1 unspecified atom stereocenters. The summed E-state index contributed by atoms with van der Waals surface area (Å²) in [6.07, 6.45) is 2.49. The predicted molar refractivity (Wildman–Crippen MR) is 110 cm³/mol. The quantitative estimate of drug-likeness (QED) is 0.225. The van der Waals surface area contributed by atoms with E-state index >= 15 is 0 Å². The van der Waals surface area contributed by atoms with Gasteiger partial charge >= 0.3 is 0 Å². The Bertz CT molecular complexity index is 1070. The van der Waals surface area contributed by atoms with E-state index in [4.69, 9.17) is 11.1 Å². The van der Waals surface area contributed by atoms with Crippen LogP contribution in [0.3, 0.4) is 0 Å². The van der Waals surface area contributed by atoms with E-state index in [0.29, 0.717) is 33.9 Å². The number of carbonyl (C=O) groups excluding carboxylic acids is 1. The summed E-state index contributed by atoms with van der Waals surface area (Å²) < 4.78 is 12.9. The van der Waals surface area contributed by atoms with Gasteiger partial charge in [0.25, 0.3) is 5.91 Å². The molecule has 0 bridgehead atoms. The molecule has 2 aromatic carbocycles. The normalized spacial score (nSPS) is 14.3. The monoisotopic (exact) mass is 391 g/mol. The van der Waals surface area contributed by atoms with Crippen molar-refractivity contribution in [3.8, 4) is 0 Å². The van der Waals surface area contributed by atoms with Gasteiger partial charge in [-0.3, -0.25) is 26.0 Å². The van der Waals surface area contributed by atoms with Crippen molar-refractivity contribution < 1.29 is 9.18 Å². The van der Waals surface area contributed by atoms with Crippen molar-refractivity contribution in [3.05, 3.63) is 77.9 Å². The van der Waals surface area contributed by atoms with Crippen LogP contribution in [0.2, 0.25) is 0 Å². The molecule has 0 saturated heterocycles. The van der Waals surface area contributed by atoms with Gasteiger partial charge in [-0.2, -0.15) is 0 Å². The van der Waals surface area contributed by atoms with Crippen molar-refractivity contribution in [1.82, 2.24) is 10.4 Å². The molecule has 8 nitrogen and oxygen atoms in total. The third-order valence-corrected chi connectivity index (χ3v) is 4.46. The van der Waals surface area contributed by atoms with Crippen molar-refractivity contribution >= 4 is 34.4 Å². The molecule has 146 valence electrons. The first-order chi connectivity index (χ1) is 14.0. The van der Waals surface area contributed by atoms with Crippen LogP contribution in [0.1, 0.15) is 11.1 Å². The molecule has 1 aliphatic rings. The third-order valence-electron chi connectivity index (χ3n) is 4.46. The Morgan fingerprint density at radius 1 is 1.07 bits per heavy atom. The molecule has 0 saturated carbocycles. The third kappa shape index (κ3) is 3.79. The van der Waals surface area contributed by atoms with Crippen molar-refractivity contribution in [3.63, 3.8) is 0 Å². The van der Waals surface area contributed by atoms with Crippen molar-refractivity contribution in [2.45, 2.75) is 6.17 Å². The minimum atomic E-state index is -0.734. The van der Waals surface area contributed by atoms with E-state index in [1.54, 1.807) is 36.7 Å². The highest BCUT2D eigenvalue weighted by molar-refractivity contribution is 6.15. The molecule has 1 aliphatic heterocycles. The molecule has 7 N–H and O–H groups in total. The van der Waals surface area contributed by atoms with Gasteiger partial charge in [0.1, 0.15) is 5.82 Å². The van der Waals surface area contributed by atoms with Crippen LogP contribution in [0.15, 0.2) is 60.9 Å². The number of nitrogen functional groups attached to an aromatic ring is 1. The zero-order valence-corrected chi connectivity index (χ0v) is 15.2. The number of carbonyl (C=O) groups is 1. The Morgan fingerprint density at radius 2 is 1.72 bits per heavy atom. The molecule has 0 radical (unpaired) electrons. The lowest BCUT2D eigenvalue weighted by Crippen LogP contribution is -2.44. The fourth-order valence-corrected chi connectivity index (χ4v) is 2.96. The van der Waals surface area contributed by atoms with Crippen LogP contribution >= 0.6 is 0 Å². The molecule has 1 atom stereocenters. The topological polar surface area (TPSA) is 128 Å². The number of halogens is 1. The number of hydrogen-bond acceptors (Lipinski definition) is 7. The lowest BCUT2D eigenvalue weighted by molar-refractivity contribution is -0.120. The van der Waals surface area contributed by atoms with Gasteiger partial charge in [0.15, 0.2) is 6.17 Å². The van der Waals surface area contributed by atoms with Crippen molar-refractivity contribution in [2.75, 3.05) is 21.8 Å². The Morgan fingerprint density at radius 3 is 2.41 bits per heavy atom. The molecule has 3 aromatic rings. The van der Waals surface area contributed by atoms with Crippen LogP contribution in [0.5, 0.6) is 0 Å². The maximum absolute atomic E-state index is 12.9. The Balaban J connectivity index is 1.46. The first-order valence-electron chi connectivity index (χ1n) is 8.78. The summed E-state index contributed by atoms with van der Waals surface area (Å²) in [5.74, 6) is -0.725. The number of nitrogens with two attached hydrogens (primary N) is 1. The van der Waals surface area contributed by atoms with Gasteiger partial charge < -0.3 is 16.4 Å². The number of nitrogens with zero attached hydrogens (tertiary/aromatic N) is 1. The number of nitrogens with one attached hydrogen (secondary N) is 5. The largest absolute Gasteiger partial charge is 0.398 e. The van der Waals surface area contributed by atoms with E-state index in [0.717, 1.165) is 0 Å². The minimum Gasteiger partial charge on any atom is -0.398 e. The molecule has 4 rings (SSSR count). The average Bonchev–Trinajstić information content (AvgIpc) is 3.15. The van der Waals surface area contributed by atoms with Crippen molar-refractivity contribution in [2.24, 2.45) is 0 Å². The van der Waals surface area contributed by atoms with Gasteiger partial charge in [-0.25, -0.2) is 4.39 Å². The second kappa shape index (κ2) is 7.47. The number of anilines is 4. The zero-order chi connectivity index (χ0) is 20.4. The van der Waals surface area contributed by atoms with Crippen LogP contribution in [0, 0.1) is 11.2 Å². The molecule has 9 heteroatoms. The zero-order valence-electron chi connectivity index (χ0n) is 15.2. The van der Waals surface area contributed by atoms with Gasteiger partial charge in [-0.15, -0.1) is 0 Å². The molecular weight excluding hydrogens is 373 g/mol. The van der Waals surface area contributed by atoms with E-state index in [1.165, 1.54) is 24.3 Å². The van der Waals surface area contributed by atoms with E-state index in [-0.39, 0.29) is 17.4 Å². The first kappa shape index (κ1) is 18.2. The van der Waals surface area contributed by atoms with Crippen LogP contribution < -0.4 is 27.2 Å². The van der Waals surface area contributed by atoms with E-state index in [2.05, 4.69) is 26.5 Å². The summed E-state index contributed by atoms with van der Waals surface area (Å²) >= 11 is 0. The van der Waals surface area contributed by atoms with Crippen LogP contribution in [0.4, 0.5) is 27.1 Å². The molecule has 2 heterocycles. The Labute approximate surface area is 165 Å². The van der Waals surface area contributed by atoms with Gasteiger partial charge in [-0.05, 0) is 48.5 Å². The Hall–Kier alpha value is -4.14. The number of aromatic nitrogens is 1. The fraction of sp³-hybridized carbons (Fsp3) is 0.0500. The summed E-state index contributed by atoms with van der Waals surface area (Å²) in [5, 5.41) is 14.5. The maximum Gasteiger partial charge on any atom is 0.281 e. The highest BCUT2D eigenvalue weighted by Gasteiger charge is 2.27. The van der Waals surface area contributed by atoms with Gasteiger partial charge in [0, 0.05) is 29.2 Å². The number of fused-ring (bicyclic) bond motifs is 1. The number of rotatable bonds is 5. The number of hydrazine groups is 1. The molecule has 1 amide bonds. The molecule has 0 spiro atoms. The number of pyridine rings is 1. The van der Waals surface area contributed by atoms with E-state index in [9.17, 15) is 9.18 Å². The summed E-state index contributed by atoms with van der Waals surface area (Å²) in [4.78, 5) is 16.4. The number of hydrogen-bond donors (Lipinski definition) is 6. The molecule has 0 aliphatic carbocycles. The summed E-state index contributed by atoms with van der Waals surface area (Å²) in [7, 11) is 0. The summed E-state index contributed by atoms with van der Waals surface area (Å²) in [6.45, 7) is 0. The maximum atomic E-state index is 12.9. The van der Waals surface area contributed by atoms with E-state index in [1.807, 2.05) is 0 Å². The average molecular weight is 391 g/mol. The smallest absolute Gasteiger partial charge is 0.281 e. The molecule has 0 fully saturated rings. The molecule has 1 aromatic heterocycles. The van der Waals surface area contributed by atoms with Crippen LogP contribution in [0.25, 0.3) is 0 Å². The Kier molecular flexibility index (Phi) is 4.70. The summed E-state index contributed by atoms with van der Waals surface area (Å²) in [6, 6.07) is 12.5. The standard InChI is InChI=1S/C20H18FN7O/c21-12-1-3-13(4-2-12)27-28-20(29)19-25-16-9-14(15(22)10-17(16)26-19)18(23)11-5-7-24-8-6-11/h1-10,19,23,25-27H,22H2,(H,28,29). The fourth-order valence-electron chi connectivity index (χ4n) is 2.96. The van der Waals surface area contributed by atoms with Gasteiger partial charge in [-0.1, -0.05) is 0 Å². The first-order valence-corrected chi connectivity index (χ1v) is 8.78. The highest BCUT2D eigenvalue weighted by atomic mass is 19.1.